The maximum Gasteiger partial charge on any atom is 0.216 e. The predicted molar refractivity (Wildman–Crippen MR) is 81.7 cm³/mol. The second kappa shape index (κ2) is 6.61. The number of phenolic OH excluding ortho intramolecular Hbond substituents is 1. The molecule has 1 aliphatic rings. The first-order valence-electron chi connectivity index (χ1n) is 7.30. The van der Waals surface area contributed by atoms with Crippen molar-refractivity contribution in [2.75, 3.05) is 24.5 Å². The number of hydrogen-bond donors (Lipinski definition) is 2. The summed E-state index contributed by atoms with van der Waals surface area (Å²) in [5.74, 6) is 0.436. The number of hydrogen-bond acceptors (Lipinski definition) is 4. The number of benzene rings is 1. The van der Waals surface area contributed by atoms with Crippen molar-refractivity contribution in [1.82, 2.24) is 5.32 Å². The summed E-state index contributed by atoms with van der Waals surface area (Å²) in [7, 11) is 0. The third kappa shape index (κ3) is 3.97. The van der Waals surface area contributed by atoms with Crippen molar-refractivity contribution in [2.45, 2.75) is 26.7 Å². The Morgan fingerprint density at radius 3 is 2.48 bits per heavy atom. The van der Waals surface area contributed by atoms with Crippen LogP contribution in [0.3, 0.4) is 0 Å². The van der Waals surface area contributed by atoms with Gasteiger partial charge in [-0.05, 0) is 37.8 Å². The normalized spacial score (nSPS) is 15.8. The van der Waals surface area contributed by atoms with Gasteiger partial charge in [-0.3, -0.25) is 9.59 Å². The lowest BCUT2D eigenvalue weighted by Gasteiger charge is -2.33. The van der Waals surface area contributed by atoms with E-state index in [-0.39, 0.29) is 17.4 Å². The molecular formula is C16H22N2O3. The van der Waals surface area contributed by atoms with Gasteiger partial charge in [-0.15, -0.1) is 0 Å². The molecule has 0 aliphatic carbocycles. The van der Waals surface area contributed by atoms with E-state index < -0.39 is 0 Å². The zero-order valence-electron chi connectivity index (χ0n) is 12.6. The molecule has 0 aromatic heterocycles. The zero-order chi connectivity index (χ0) is 15.4. The Labute approximate surface area is 125 Å². The van der Waals surface area contributed by atoms with E-state index in [0.29, 0.717) is 11.5 Å². The minimum atomic E-state index is -0.131. The third-order valence-electron chi connectivity index (χ3n) is 3.98. The summed E-state index contributed by atoms with van der Waals surface area (Å²) in [4.78, 5) is 24.4. The first-order chi connectivity index (χ1) is 9.97. The number of carbonyl (C=O) groups excluding carboxylic acids is 2. The number of Topliss-reactive ketones (excluding diaryl/α,β-unsaturated/α-hetero) is 1. The number of aromatic hydroxyl groups is 1. The first kappa shape index (κ1) is 15.4. The fraction of sp³-hybridized carbons (Fsp3) is 0.500. The van der Waals surface area contributed by atoms with Crippen LogP contribution < -0.4 is 10.2 Å². The lowest BCUT2D eigenvalue weighted by Crippen LogP contribution is -2.38. The largest absolute Gasteiger partial charge is 0.507 e. The number of anilines is 1. The van der Waals surface area contributed by atoms with Crippen LogP contribution in [0.1, 0.15) is 37.0 Å². The van der Waals surface area contributed by atoms with Crippen molar-refractivity contribution >= 4 is 17.4 Å². The molecule has 1 fully saturated rings. The molecule has 1 amide bonds. The molecular weight excluding hydrogens is 268 g/mol. The average molecular weight is 290 g/mol. The molecule has 1 saturated heterocycles. The van der Waals surface area contributed by atoms with E-state index in [4.69, 9.17) is 0 Å². The molecule has 1 aromatic carbocycles. The summed E-state index contributed by atoms with van der Waals surface area (Å²) in [5.41, 5.74) is 1.30. The fourth-order valence-electron chi connectivity index (χ4n) is 2.70. The Morgan fingerprint density at radius 1 is 1.29 bits per heavy atom. The summed E-state index contributed by atoms with van der Waals surface area (Å²) in [6, 6.07) is 5.21. The van der Waals surface area contributed by atoms with Gasteiger partial charge in [0.15, 0.2) is 5.78 Å². The zero-order valence-corrected chi connectivity index (χ0v) is 12.6. The van der Waals surface area contributed by atoms with Gasteiger partial charge in [-0.1, -0.05) is 0 Å². The van der Waals surface area contributed by atoms with Gasteiger partial charge in [-0.25, -0.2) is 0 Å². The monoisotopic (exact) mass is 290 g/mol. The second-order valence-electron chi connectivity index (χ2n) is 5.63. The molecule has 21 heavy (non-hydrogen) atoms. The minimum absolute atomic E-state index is 0.0159. The molecule has 1 aliphatic heterocycles. The number of nitrogens with zero attached hydrogens (tertiary/aromatic N) is 1. The summed E-state index contributed by atoms with van der Waals surface area (Å²) in [6.45, 7) is 5.50. The van der Waals surface area contributed by atoms with Crippen molar-refractivity contribution in [2.24, 2.45) is 5.92 Å². The van der Waals surface area contributed by atoms with Crippen LogP contribution in [0.4, 0.5) is 5.69 Å². The SMILES string of the molecule is CC(=O)NCC1CCN(c2ccc(C(C)=O)c(O)c2)CC1. The quantitative estimate of drug-likeness (QED) is 0.832. The van der Waals surface area contributed by atoms with Crippen molar-refractivity contribution in [3.8, 4) is 5.75 Å². The topological polar surface area (TPSA) is 69.6 Å². The van der Waals surface area contributed by atoms with Crippen LogP contribution in [0.2, 0.25) is 0 Å². The average Bonchev–Trinajstić information content (AvgIpc) is 2.45. The molecule has 2 N–H and O–H groups in total. The van der Waals surface area contributed by atoms with Crippen LogP contribution in [0, 0.1) is 5.92 Å². The molecule has 0 unspecified atom stereocenters. The smallest absolute Gasteiger partial charge is 0.216 e. The highest BCUT2D eigenvalue weighted by atomic mass is 16.3. The molecule has 114 valence electrons. The Kier molecular flexibility index (Phi) is 4.83. The molecule has 0 bridgehead atoms. The molecule has 0 atom stereocenters. The number of piperidine rings is 1. The van der Waals surface area contributed by atoms with E-state index in [1.165, 1.54) is 13.8 Å². The molecule has 2 rings (SSSR count). The number of amides is 1. The van der Waals surface area contributed by atoms with Crippen molar-refractivity contribution in [1.29, 1.82) is 0 Å². The van der Waals surface area contributed by atoms with Crippen molar-refractivity contribution in [3.63, 3.8) is 0 Å². The first-order valence-corrected chi connectivity index (χ1v) is 7.30. The van der Waals surface area contributed by atoms with Gasteiger partial charge < -0.3 is 15.3 Å². The molecule has 1 aromatic rings. The van der Waals surface area contributed by atoms with E-state index in [0.717, 1.165) is 38.2 Å². The van der Waals surface area contributed by atoms with E-state index >= 15 is 0 Å². The number of rotatable bonds is 4. The van der Waals surface area contributed by atoms with Crippen LogP contribution in [0.5, 0.6) is 5.75 Å². The number of carbonyl (C=O) groups is 2. The van der Waals surface area contributed by atoms with Gasteiger partial charge in [0.25, 0.3) is 0 Å². The van der Waals surface area contributed by atoms with Crippen LogP contribution in [0.25, 0.3) is 0 Å². The lowest BCUT2D eigenvalue weighted by atomic mass is 9.96. The number of nitrogens with one attached hydrogen (secondary N) is 1. The fourth-order valence-corrected chi connectivity index (χ4v) is 2.70. The van der Waals surface area contributed by atoms with Crippen LogP contribution in [-0.2, 0) is 4.79 Å². The van der Waals surface area contributed by atoms with Gasteiger partial charge in [0.1, 0.15) is 5.75 Å². The highest BCUT2D eigenvalue weighted by Crippen LogP contribution is 2.28. The van der Waals surface area contributed by atoms with Gasteiger partial charge in [0.05, 0.1) is 5.56 Å². The summed E-state index contributed by atoms with van der Waals surface area (Å²) < 4.78 is 0. The van der Waals surface area contributed by atoms with Gasteiger partial charge in [0, 0.05) is 38.3 Å². The Bertz CT molecular complexity index is 534. The molecule has 1 heterocycles. The van der Waals surface area contributed by atoms with Crippen molar-refractivity contribution in [3.05, 3.63) is 23.8 Å². The highest BCUT2D eigenvalue weighted by Gasteiger charge is 2.20. The van der Waals surface area contributed by atoms with Gasteiger partial charge in [-0.2, -0.15) is 0 Å². The number of ketones is 1. The van der Waals surface area contributed by atoms with E-state index in [2.05, 4.69) is 10.2 Å². The standard InChI is InChI=1S/C16H22N2O3/c1-11(19)15-4-3-14(9-16(15)21)18-7-5-13(6-8-18)10-17-12(2)20/h3-4,9,13,21H,5-8,10H2,1-2H3,(H,17,20). The van der Waals surface area contributed by atoms with Gasteiger partial charge >= 0.3 is 0 Å². The molecule has 5 nitrogen and oxygen atoms in total. The Balaban J connectivity index is 1.94. The van der Waals surface area contributed by atoms with Gasteiger partial charge in [0.2, 0.25) is 5.91 Å². The molecule has 0 saturated carbocycles. The van der Waals surface area contributed by atoms with Crippen molar-refractivity contribution < 1.29 is 14.7 Å². The lowest BCUT2D eigenvalue weighted by molar-refractivity contribution is -0.119. The van der Waals surface area contributed by atoms with Crippen LogP contribution in [0.15, 0.2) is 18.2 Å². The second-order valence-corrected chi connectivity index (χ2v) is 5.63. The molecule has 0 spiro atoms. The third-order valence-corrected chi connectivity index (χ3v) is 3.98. The summed E-state index contributed by atoms with van der Waals surface area (Å²) >= 11 is 0. The van der Waals surface area contributed by atoms with Crippen LogP contribution >= 0.6 is 0 Å². The maximum absolute atomic E-state index is 11.3. The predicted octanol–water partition coefficient (Wildman–Crippen LogP) is 1.95. The van der Waals surface area contributed by atoms with E-state index in [1.54, 1.807) is 12.1 Å². The van der Waals surface area contributed by atoms with Crippen LogP contribution in [-0.4, -0.2) is 36.4 Å². The minimum Gasteiger partial charge on any atom is -0.507 e. The number of phenols is 1. The Hall–Kier alpha value is -2.04. The summed E-state index contributed by atoms with van der Waals surface area (Å²) in [6.07, 6.45) is 2.02. The highest BCUT2D eigenvalue weighted by molar-refractivity contribution is 5.97. The molecule has 5 heteroatoms. The van der Waals surface area contributed by atoms with E-state index in [1.807, 2.05) is 6.07 Å². The van der Waals surface area contributed by atoms with E-state index in [9.17, 15) is 14.7 Å². The summed E-state index contributed by atoms with van der Waals surface area (Å²) in [5, 5.41) is 12.8. The Morgan fingerprint density at radius 2 is 1.95 bits per heavy atom. The maximum atomic E-state index is 11.3. The molecule has 0 radical (unpaired) electrons.